The summed E-state index contributed by atoms with van der Waals surface area (Å²) in [4.78, 5) is 35.8. The fraction of sp³-hybridized carbons (Fsp3) is 0.750. The first-order valence-electron chi connectivity index (χ1n) is 6.14. The first-order chi connectivity index (χ1) is 8.36. The Morgan fingerprint density at radius 1 is 1.56 bits per heavy atom. The average Bonchev–Trinajstić information content (AvgIpc) is 2.65. The largest absolute Gasteiger partial charge is 0.480 e. The summed E-state index contributed by atoms with van der Waals surface area (Å²) in [6.07, 6.45) is 0.829. The zero-order valence-corrected chi connectivity index (χ0v) is 11.0. The van der Waals surface area contributed by atoms with Crippen molar-refractivity contribution in [2.45, 2.75) is 32.7 Å². The Morgan fingerprint density at radius 3 is 2.56 bits per heavy atom. The van der Waals surface area contributed by atoms with Crippen LogP contribution in [0.3, 0.4) is 0 Å². The summed E-state index contributed by atoms with van der Waals surface area (Å²) in [7, 11) is 1.64. The molecule has 0 radical (unpaired) electrons. The molecule has 2 N–H and O–H groups in total. The smallest absolute Gasteiger partial charge is 0.326 e. The molecule has 6 heteroatoms. The molecule has 0 spiro atoms. The third-order valence-corrected chi connectivity index (χ3v) is 3.49. The summed E-state index contributed by atoms with van der Waals surface area (Å²) in [6, 6.07) is -0.886. The van der Waals surface area contributed by atoms with E-state index in [1.165, 1.54) is 4.90 Å². The molecular formula is C12H20N2O4. The molecule has 1 heterocycles. The number of hydrogen-bond acceptors (Lipinski definition) is 3. The number of carboxylic acid groups (broad SMARTS) is 1. The maximum absolute atomic E-state index is 11.9. The summed E-state index contributed by atoms with van der Waals surface area (Å²) in [5.74, 6) is -2.03. The minimum atomic E-state index is -1.03. The molecule has 3 unspecified atom stereocenters. The Kier molecular flexibility index (Phi) is 4.69. The van der Waals surface area contributed by atoms with Gasteiger partial charge >= 0.3 is 5.97 Å². The highest BCUT2D eigenvalue weighted by Gasteiger charge is 2.35. The summed E-state index contributed by atoms with van der Waals surface area (Å²) in [5.41, 5.74) is 0. The highest BCUT2D eigenvalue weighted by atomic mass is 16.4. The van der Waals surface area contributed by atoms with Gasteiger partial charge in [0.2, 0.25) is 11.8 Å². The number of nitrogens with zero attached hydrogens (tertiary/aromatic N) is 1. The van der Waals surface area contributed by atoms with Gasteiger partial charge in [0.1, 0.15) is 6.04 Å². The number of aliphatic carboxylic acids is 1. The normalized spacial score (nSPS) is 22.7. The van der Waals surface area contributed by atoms with Crippen LogP contribution in [0.4, 0.5) is 0 Å². The van der Waals surface area contributed by atoms with Crippen molar-refractivity contribution >= 4 is 17.8 Å². The van der Waals surface area contributed by atoms with Gasteiger partial charge in [0, 0.05) is 20.0 Å². The highest BCUT2D eigenvalue weighted by Crippen LogP contribution is 2.17. The van der Waals surface area contributed by atoms with Crippen molar-refractivity contribution in [3.63, 3.8) is 0 Å². The van der Waals surface area contributed by atoms with Crippen molar-refractivity contribution < 1.29 is 19.5 Å². The molecule has 0 bridgehead atoms. The molecular weight excluding hydrogens is 236 g/mol. The van der Waals surface area contributed by atoms with Gasteiger partial charge in [-0.15, -0.1) is 0 Å². The molecule has 0 aromatic rings. The zero-order valence-electron chi connectivity index (χ0n) is 11.0. The van der Waals surface area contributed by atoms with Gasteiger partial charge in [-0.05, 0) is 5.92 Å². The van der Waals surface area contributed by atoms with Crippen LogP contribution in [-0.4, -0.2) is 47.4 Å². The lowest BCUT2D eigenvalue weighted by Gasteiger charge is -2.21. The van der Waals surface area contributed by atoms with E-state index in [1.54, 1.807) is 14.0 Å². The average molecular weight is 256 g/mol. The van der Waals surface area contributed by atoms with E-state index in [-0.39, 0.29) is 24.2 Å². The third-order valence-electron chi connectivity index (χ3n) is 3.49. The molecule has 1 aliphatic rings. The van der Waals surface area contributed by atoms with Gasteiger partial charge < -0.3 is 15.3 Å². The zero-order chi connectivity index (χ0) is 13.9. The van der Waals surface area contributed by atoms with Gasteiger partial charge in [0.05, 0.1) is 5.92 Å². The highest BCUT2D eigenvalue weighted by molar-refractivity contribution is 5.91. The molecule has 0 aromatic heterocycles. The molecule has 18 heavy (non-hydrogen) atoms. The van der Waals surface area contributed by atoms with Crippen molar-refractivity contribution in [2.24, 2.45) is 11.8 Å². The quantitative estimate of drug-likeness (QED) is 0.729. The Labute approximate surface area is 106 Å². The summed E-state index contributed by atoms with van der Waals surface area (Å²) in [6.45, 7) is 4.02. The SMILES string of the molecule is CCC(C)C(NC(=O)C1CC(=O)N(C)C1)C(=O)O. The Morgan fingerprint density at radius 2 is 2.17 bits per heavy atom. The first-order valence-corrected chi connectivity index (χ1v) is 6.14. The fourth-order valence-corrected chi connectivity index (χ4v) is 1.99. The number of nitrogens with one attached hydrogen (secondary N) is 1. The van der Waals surface area contributed by atoms with Crippen LogP contribution in [-0.2, 0) is 14.4 Å². The Bertz CT molecular complexity index is 356. The van der Waals surface area contributed by atoms with Crippen LogP contribution in [0.15, 0.2) is 0 Å². The lowest BCUT2D eigenvalue weighted by Crippen LogP contribution is -2.47. The monoisotopic (exact) mass is 256 g/mol. The van der Waals surface area contributed by atoms with Crippen molar-refractivity contribution in [2.75, 3.05) is 13.6 Å². The molecule has 102 valence electrons. The van der Waals surface area contributed by atoms with Gasteiger partial charge in [-0.3, -0.25) is 9.59 Å². The van der Waals surface area contributed by atoms with E-state index in [2.05, 4.69) is 5.32 Å². The van der Waals surface area contributed by atoms with Crippen LogP contribution in [0.1, 0.15) is 26.7 Å². The molecule has 1 aliphatic heterocycles. The van der Waals surface area contributed by atoms with E-state index in [1.807, 2.05) is 6.92 Å². The van der Waals surface area contributed by atoms with Crippen LogP contribution >= 0.6 is 0 Å². The van der Waals surface area contributed by atoms with Gasteiger partial charge in [-0.25, -0.2) is 4.79 Å². The van der Waals surface area contributed by atoms with Crippen molar-refractivity contribution in [3.05, 3.63) is 0 Å². The fourth-order valence-electron chi connectivity index (χ4n) is 1.99. The standard InChI is InChI=1S/C12H20N2O4/c1-4-7(2)10(12(17)18)13-11(16)8-5-9(15)14(3)6-8/h7-8,10H,4-6H2,1-3H3,(H,13,16)(H,17,18). The van der Waals surface area contributed by atoms with E-state index in [4.69, 9.17) is 5.11 Å². The predicted octanol–water partition coefficient (Wildman–Crippen LogP) is 0.0802. The molecule has 1 rings (SSSR count). The van der Waals surface area contributed by atoms with E-state index in [0.717, 1.165) is 0 Å². The number of hydrogen-bond donors (Lipinski definition) is 2. The van der Waals surface area contributed by atoms with Crippen molar-refractivity contribution in [3.8, 4) is 0 Å². The van der Waals surface area contributed by atoms with Crippen LogP contribution in [0.2, 0.25) is 0 Å². The van der Waals surface area contributed by atoms with E-state index in [0.29, 0.717) is 13.0 Å². The van der Waals surface area contributed by atoms with Gasteiger partial charge in [-0.1, -0.05) is 20.3 Å². The van der Waals surface area contributed by atoms with Gasteiger partial charge in [0.25, 0.3) is 0 Å². The second-order valence-corrected chi connectivity index (χ2v) is 4.89. The lowest BCUT2D eigenvalue weighted by molar-refractivity contribution is -0.143. The summed E-state index contributed by atoms with van der Waals surface area (Å²) >= 11 is 0. The predicted molar refractivity (Wildman–Crippen MR) is 64.8 cm³/mol. The van der Waals surface area contributed by atoms with Crippen molar-refractivity contribution in [1.29, 1.82) is 0 Å². The second-order valence-electron chi connectivity index (χ2n) is 4.89. The van der Waals surface area contributed by atoms with Crippen LogP contribution in [0.5, 0.6) is 0 Å². The number of amides is 2. The molecule has 0 saturated carbocycles. The topological polar surface area (TPSA) is 86.7 Å². The number of carbonyl (C=O) groups excluding carboxylic acids is 2. The van der Waals surface area contributed by atoms with Gasteiger partial charge in [0.15, 0.2) is 0 Å². The third kappa shape index (κ3) is 3.21. The summed E-state index contributed by atoms with van der Waals surface area (Å²) < 4.78 is 0. The molecule has 6 nitrogen and oxygen atoms in total. The Hall–Kier alpha value is -1.59. The van der Waals surface area contributed by atoms with Crippen LogP contribution < -0.4 is 5.32 Å². The minimum absolute atomic E-state index is 0.0782. The molecule has 3 atom stereocenters. The Balaban J connectivity index is 2.62. The first kappa shape index (κ1) is 14.5. The van der Waals surface area contributed by atoms with E-state index >= 15 is 0 Å². The second kappa shape index (κ2) is 5.84. The van der Waals surface area contributed by atoms with E-state index < -0.39 is 17.9 Å². The maximum atomic E-state index is 11.9. The molecule has 2 amide bonds. The summed E-state index contributed by atoms with van der Waals surface area (Å²) in [5, 5.41) is 11.6. The molecule has 1 saturated heterocycles. The van der Waals surface area contributed by atoms with Crippen LogP contribution in [0.25, 0.3) is 0 Å². The number of carbonyl (C=O) groups is 3. The lowest BCUT2D eigenvalue weighted by atomic mass is 9.98. The van der Waals surface area contributed by atoms with Gasteiger partial charge in [-0.2, -0.15) is 0 Å². The number of likely N-dealkylation sites (tertiary alicyclic amines) is 1. The number of rotatable bonds is 5. The molecule has 1 fully saturated rings. The van der Waals surface area contributed by atoms with E-state index in [9.17, 15) is 14.4 Å². The minimum Gasteiger partial charge on any atom is -0.480 e. The number of carboxylic acids is 1. The molecule has 0 aliphatic carbocycles. The molecule has 0 aromatic carbocycles. The van der Waals surface area contributed by atoms with Crippen molar-refractivity contribution in [1.82, 2.24) is 10.2 Å². The van der Waals surface area contributed by atoms with Crippen LogP contribution in [0, 0.1) is 11.8 Å². The maximum Gasteiger partial charge on any atom is 0.326 e.